The number of carbonyl (C=O) groups excluding carboxylic acids is 1. The van der Waals surface area contributed by atoms with E-state index >= 15 is 0 Å². The van der Waals surface area contributed by atoms with E-state index in [4.69, 9.17) is 4.74 Å². The van der Waals surface area contributed by atoms with E-state index < -0.39 is 6.61 Å². The first kappa shape index (κ1) is 20.6. The van der Waals surface area contributed by atoms with E-state index in [0.29, 0.717) is 6.54 Å². The van der Waals surface area contributed by atoms with Crippen LogP contribution in [0.5, 0.6) is 11.5 Å². The fourth-order valence-corrected chi connectivity index (χ4v) is 2.73. The smallest absolute Gasteiger partial charge is 0.387 e. The van der Waals surface area contributed by atoms with Crippen molar-refractivity contribution in [1.29, 1.82) is 0 Å². The summed E-state index contributed by atoms with van der Waals surface area (Å²) >= 11 is 0. The summed E-state index contributed by atoms with van der Waals surface area (Å²) < 4.78 is 34.3. The van der Waals surface area contributed by atoms with Gasteiger partial charge in [0, 0.05) is 6.54 Å². The van der Waals surface area contributed by atoms with Gasteiger partial charge in [0.2, 0.25) is 5.91 Å². The van der Waals surface area contributed by atoms with Gasteiger partial charge in [-0.15, -0.1) is 0 Å². The average molecular weight is 378 g/mol. The number of carbonyl (C=O) groups is 1. The van der Waals surface area contributed by atoms with Crippen LogP contribution in [0.3, 0.4) is 0 Å². The molecule has 0 aliphatic carbocycles. The van der Waals surface area contributed by atoms with Gasteiger partial charge in [0.25, 0.3) is 0 Å². The number of hydrogen-bond acceptors (Lipinski definition) is 4. The molecule has 7 heteroatoms. The Bertz CT molecular complexity index is 741. The fourth-order valence-electron chi connectivity index (χ4n) is 2.73. The van der Waals surface area contributed by atoms with Gasteiger partial charge >= 0.3 is 6.61 Å². The Balaban J connectivity index is 1.91. The first-order valence-corrected chi connectivity index (χ1v) is 8.53. The summed E-state index contributed by atoms with van der Waals surface area (Å²) in [6, 6.07) is 14.4. The van der Waals surface area contributed by atoms with Crippen LogP contribution in [0.2, 0.25) is 0 Å². The number of halogens is 2. The lowest BCUT2D eigenvalue weighted by Crippen LogP contribution is -2.36. The lowest BCUT2D eigenvalue weighted by Gasteiger charge is -2.20. The van der Waals surface area contributed by atoms with Gasteiger partial charge in [0.1, 0.15) is 0 Å². The number of benzene rings is 2. The molecule has 1 amide bonds. The number of nitrogens with one attached hydrogen (secondary N) is 1. The molecule has 1 N–H and O–H groups in total. The molecule has 0 bridgehead atoms. The Morgan fingerprint density at radius 3 is 2.48 bits per heavy atom. The molecule has 0 saturated carbocycles. The van der Waals surface area contributed by atoms with Gasteiger partial charge in [-0.05, 0) is 37.2 Å². The van der Waals surface area contributed by atoms with Crippen LogP contribution in [0.4, 0.5) is 8.78 Å². The molecular formula is C20H24F2N2O3. The fraction of sp³-hybridized carbons (Fsp3) is 0.350. The van der Waals surface area contributed by atoms with E-state index in [0.717, 1.165) is 11.1 Å². The third-order valence-corrected chi connectivity index (χ3v) is 3.99. The highest BCUT2D eigenvalue weighted by Crippen LogP contribution is 2.29. The van der Waals surface area contributed by atoms with Gasteiger partial charge in [0.05, 0.1) is 19.7 Å². The maximum Gasteiger partial charge on any atom is 0.387 e. The topological polar surface area (TPSA) is 50.8 Å². The first-order valence-electron chi connectivity index (χ1n) is 8.53. The minimum Gasteiger partial charge on any atom is -0.493 e. The summed E-state index contributed by atoms with van der Waals surface area (Å²) in [5.41, 5.74) is 1.85. The molecule has 0 radical (unpaired) electrons. The van der Waals surface area contributed by atoms with E-state index in [-0.39, 0.29) is 30.0 Å². The van der Waals surface area contributed by atoms with Crippen molar-refractivity contribution in [3.63, 3.8) is 0 Å². The average Bonchev–Trinajstić information content (AvgIpc) is 2.63. The third kappa shape index (κ3) is 6.53. The lowest BCUT2D eigenvalue weighted by atomic mass is 10.1. The molecule has 1 atom stereocenters. The second-order valence-electron chi connectivity index (χ2n) is 6.24. The highest BCUT2D eigenvalue weighted by Gasteiger charge is 2.14. The van der Waals surface area contributed by atoms with Crippen LogP contribution in [0.15, 0.2) is 48.5 Å². The molecule has 0 aliphatic heterocycles. The minimum absolute atomic E-state index is 0.0201. The van der Waals surface area contributed by atoms with Gasteiger partial charge in [-0.2, -0.15) is 8.78 Å². The van der Waals surface area contributed by atoms with Crippen LogP contribution in [-0.2, 0) is 11.3 Å². The summed E-state index contributed by atoms with van der Waals surface area (Å²) in [5, 5.41) is 2.96. The summed E-state index contributed by atoms with van der Waals surface area (Å²) in [6.45, 7) is -0.324. The predicted octanol–water partition coefficient (Wildman–Crippen LogP) is 3.61. The third-order valence-electron chi connectivity index (χ3n) is 3.99. The maximum absolute atomic E-state index is 12.4. The summed E-state index contributed by atoms with van der Waals surface area (Å²) in [7, 11) is 3.20. The number of hydrogen-bond donors (Lipinski definition) is 1. The Labute approximate surface area is 157 Å². The van der Waals surface area contributed by atoms with E-state index in [2.05, 4.69) is 10.1 Å². The van der Waals surface area contributed by atoms with E-state index in [1.165, 1.54) is 13.2 Å². The van der Waals surface area contributed by atoms with E-state index in [1.54, 1.807) is 12.1 Å². The monoisotopic (exact) mass is 378 g/mol. The molecule has 0 saturated heterocycles. The quantitative estimate of drug-likeness (QED) is 0.724. The molecule has 0 spiro atoms. The molecule has 0 heterocycles. The molecule has 2 rings (SSSR count). The Kier molecular flexibility index (Phi) is 7.55. The van der Waals surface area contributed by atoms with Crippen LogP contribution in [0.25, 0.3) is 0 Å². The van der Waals surface area contributed by atoms with Crippen molar-refractivity contribution >= 4 is 5.91 Å². The van der Waals surface area contributed by atoms with Gasteiger partial charge in [-0.3, -0.25) is 9.69 Å². The first-order chi connectivity index (χ1) is 12.9. The Hall–Kier alpha value is -2.67. The second-order valence-corrected chi connectivity index (χ2v) is 6.24. The van der Waals surface area contributed by atoms with Crippen molar-refractivity contribution in [2.24, 2.45) is 0 Å². The molecule has 27 heavy (non-hydrogen) atoms. The van der Waals surface area contributed by atoms with Crippen molar-refractivity contribution in [1.82, 2.24) is 10.2 Å². The highest BCUT2D eigenvalue weighted by atomic mass is 19.3. The molecule has 2 aromatic carbocycles. The van der Waals surface area contributed by atoms with Gasteiger partial charge in [0.15, 0.2) is 11.5 Å². The zero-order chi connectivity index (χ0) is 19.8. The zero-order valence-corrected chi connectivity index (χ0v) is 15.6. The van der Waals surface area contributed by atoms with Gasteiger partial charge in [-0.25, -0.2) is 0 Å². The number of likely N-dealkylation sites (N-methyl/N-ethyl adjacent to an activating group) is 1. The van der Waals surface area contributed by atoms with Crippen LogP contribution >= 0.6 is 0 Å². The maximum atomic E-state index is 12.4. The standard InChI is InChI=1S/C20H24F2N2O3/c1-14(16-7-5-4-6-8-16)23-19(25)13-24(2)12-15-9-10-17(27-20(21)22)18(11-15)26-3/h4-11,14,20H,12-13H2,1-3H3,(H,23,25). The van der Waals surface area contributed by atoms with Crippen LogP contribution in [0, 0.1) is 0 Å². The summed E-state index contributed by atoms with van der Waals surface area (Å²) in [4.78, 5) is 14.1. The molecule has 2 aromatic rings. The summed E-state index contributed by atoms with van der Waals surface area (Å²) in [6.07, 6.45) is 0. The van der Waals surface area contributed by atoms with E-state index in [1.807, 2.05) is 49.2 Å². The van der Waals surface area contributed by atoms with Crippen molar-refractivity contribution < 1.29 is 23.0 Å². The second kappa shape index (κ2) is 9.87. The number of amides is 1. The largest absolute Gasteiger partial charge is 0.493 e. The molecular weight excluding hydrogens is 354 g/mol. The number of alkyl halides is 2. The van der Waals surface area contributed by atoms with E-state index in [9.17, 15) is 13.6 Å². The lowest BCUT2D eigenvalue weighted by molar-refractivity contribution is -0.122. The van der Waals surface area contributed by atoms with Crippen LogP contribution < -0.4 is 14.8 Å². The normalized spacial score (nSPS) is 12.1. The van der Waals surface area contributed by atoms with Crippen molar-refractivity contribution in [3.8, 4) is 11.5 Å². The summed E-state index contributed by atoms with van der Waals surface area (Å²) in [5.74, 6) is 0.107. The van der Waals surface area contributed by atoms with Gasteiger partial charge in [-0.1, -0.05) is 36.4 Å². The number of ether oxygens (including phenoxy) is 2. The number of rotatable bonds is 9. The molecule has 0 aliphatic rings. The highest BCUT2D eigenvalue weighted by molar-refractivity contribution is 5.78. The van der Waals surface area contributed by atoms with Crippen LogP contribution in [0.1, 0.15) is 24.1 Å². The number of methoxy groups -OCH3 is 1. The Morgan fingerprint density at radius 2 is 1.85 bits per heavy atom. The van der Waals surface area contributed by atoms with Crippen molar-refractivity contribution in [2.45, 2.75) is 26.1 Å². The zero-order valence-electron chi connectivity index (χ0n) is 15.6. The molecule has 0 fully saturated rings. The molecule has 1 unspecified atom stereocenters. The molecule has 5 nitrogen and oxygen atoms in total. The SMILES string of the molecule is COc1cc(CN(C)CC(=O)NC(C)c2ccccc2)ccc1OC(F)F. The van der Waals surface area contributed by atoms with Crippen LogP contribution in [-0.4, -0.2) is 38.1 Å². The minimum atomic E-state index is -2.91. The predicted molar refractivity (Wildman–Crippen MR) is 99.0 cm³/mol. The molecule has 0 aromatic heterocycles. The molecule has 146 valence electrons. The van der Waals surface area contributed by atoms with Crippen molar-refractivity contribution in [3.05, 3.63) is 59.7 Å². The van der Waals surface area contributed by atoms with Gasteiger partial charge < -0.3 is 14.8 Å². The number of nitrogens with zero attached hydrogens (tertiary/aromatic N) is 1. The Morgan fingerprint density at radius 1 is 1.15 bits per heavy atom. The van der Waals surface area contributed by atoms with Crippen molar-refractivity contribution in [2.75, 3.05) is 20.7 Å².